The van der Waals surface area contributed by atoms with Crippen molar-refractivity contribution in [3.8, 4) is 0 Å². The van der Waals surface area contributed by atoms with Crippen LogP contribution in [-0.4, -0.2) is 29.7 Å². The minimum absolute atomic E-state index is 0. The van der Waals surface area contributed by atoms with Crippen LogP contribution in [-0.2, 0) is 28.6 Å². The van der Waals surface area contributed by atoms with Gasteiger partial charge in [-0.25, -0.2) is 0 Å². The predicted molar refractivity (Wildman–Crippen MR) is 144 cm³/mol. The van der Waals surface area contributed by atoms with Gasteiger partial charge >= 0.3 is 17.4 Å². The van der Waals surface area contributed by atoms with E-state index in [2.05, 4.69) is 93.8 Å². The third-order valence-electron chi connectivity index (χ3n) is 7.06. The van der Waals surface area contributed by atoms with E-state index in [0.717, 1.165) is 25.4 Å². The Morgan fingerprint density at radius 3 is 1.85 bits per heavy atom. The van der Waals surface area contributed by atoms with E-state index in [4.69, 9.17) is 14.7 Å². The van der Waals surface area contributed by atoms with Gasteiger partial charge in [0.05, 0.1) is 0 Å². The molecule has 0 spiro atoms. The average molecular weight is 518 g/mol. The maximum Gasteiger partial charge on any atom is 3.00 e. The Labute approximate surface area is 215 Å². The fourth-order valence-corrected chi connectivity index (χ4v) is 11.6. The van der Waals surface area contributed by atoms with E-state index in [1.54, 1.807) is 5.92 Å². The molecule has 2 aromatic rings. The first-order chi connectivity index (χ1) is 15.3. The Morgan fingerprint density at radius 1 is 0.818 bits per heavy atom. The van der Waals surface area contributed by atoms with Crippen molar-refractivity contribution in [2.75, 3.05) is 13.2 Å². The normalized spacial score (nSPS) is 21.1. The van der Waals surface area contributed by atoms with Crippen LogP contribution in [0, 0.1) is 5.92 Å². The van der Waals surface area contributed by atoms with Crippen LogP contribution in [0.2, 0.25) is 37.3 Å². The van der Waals surface area contributed by atoms with Crippen molar-refractivity contribution in [1.82, 2.24) is 0 Å². The molecule has 1 heterocycles. The molecule has 2 aromatic carbocycles. The topological polar surface area (TPSA) is 37.4 Å². The Kier molecular flexibility index (Phi) is 11.4. The van der Waals surface area contributed by atoms with E-state index in [1.165, 1.54) is 31.2 Å². The maximum absolute atomic E-state index is 5.26. The SMILES string of the molecule is C1CCOC1.C[C-]1C([Si](C)(C)[N-]Cc2ccccc2)CCC1[Si](C)(C)[N-]c1ccccc1.[Cr+3]. The number of nitrogens with zero attached hydrogens (tertiary/aromatic N) is 2. The van der Waals surface area contributed by atoms with Crippen molar-refractivity contribution in [3.05, 3.63) is 82.1 Å². The van der Waals surface area contributed by atoms with Gasteiger partial charge in [-0.15, -0.1) is 12.2 Å². The molecule has 1 saturated heterocycles. The standard InChI is InChI=1S/C23H33N2Si2.C4H8O.Cr/c1-19-22(26(2,3)24-18-20-12-8-6-9-13-20)16-17-23(19)27(4,5)25-21-14-10-7-11-15-21;1-2-4-5-3-1;/h6-15,22-23H,16-18H2,1-5H3;1-4H2;/q-3;;+3. The van der Waals surface area contributed by atoms with E-state index in [9.17, 15) is 0 Å². The molecule has 33 heavy (non-hydrogen) atoms. The van der Waals surface area contributed by atoms with Crippen molar-refractivity contribution in [1.29, 1.82) is 0 Å². The van der Waals surface area contributed by atoms with Crippen LogP contribution < -0.4 is 0 Å². The summed E-state index contributed by atoms with van der Waals surface area (Å²) < 4.78 is 4.94. The molecule has 179 valence electrons. The molecule has 1 aliphatic carbocycles. The summed E-state index contributed by atoms with van der Waals surface area (Å²) in [5.41, 5.74) is 3.86. The molecule has 4 rings (SSSR count). The van der Waals surface area contributed by atoms with Crippen LogP contribution in [0.15, 0.2) is 60.7 Å². The van der Waals surface area contributed by atoms with Gasteiger partial charge in [0.15, 0.2) is 0 Å². The molecular weight excluding hydrogens is 476 g/mol. The largest absolute Gasteiger partial charge is 3.00 e. The second-order valence-corrected chi connectivity index (χ2v) is 18.9. The second-order valence-electron chi connectivity index (χ2n) is 10.3. The molecule has 2 unspecified atom stereocenters. The Balaban J connectivity index is 0.000000568. The number of hydrogen-bond acceptors (Lipinski definition) is 1. The minimum atomic E-state index is -1.71. The van der Waals surface area contributed by atoms with Gasteiger partial charge in [0.2, 0.25) is 0 Å². The van der Waals surface area contributed by atoms with E-state index < -0.39 is 16.5 Å². The molecule has 0 bridgehead atoms. The smallest absolute Gasteiger partial charge is 0.688 e. The monoisotopic (exact) mass is 517 g/mol. The molecule has 6 heteroatoms. The third kappa shape index (κ3) is 8.38. The zero-order valence-electron chi connectivity index (χ0n) is 21.1. The molecule has 2 fully saturated rings. The van der Waals surface area contributed by atoms with Gasteiger partial charge in [0, 0.05) is 13.2 Å². The summed E-state index contributed by atoms with van der Waals surface area (Å²) in [5, 5.41) is 0. The van der Waals surface area contributed by atoms with E-state index in [0.29, 0.717) is 11.1 Å². The Morgan fingerprint density at radius 2 is 1.33 bits per heavy atom. The van der Waals surface area contributed by atoms with Crippen molar-refractivity contribution >= 4 is 22.2 Å². The molecule has 0 amide bonds. The summed E-state index contributed by atoms with van der Waals surface area (Å²) in [6.45, 7) is 15.1. The van der Waals surface area contributed by atoms with Crippen molar-refractivity contribution < 1.29 is 22.1 Å². The van der Waals surface area contributed by atoms with Crippen LogP contribution in [0.3, 0.4) is 0 Å². The first-order valence-corrected chi connectivity index (χ1v) is 18.3. The van der Waals surface area contributed by atoms with E-state index in [1.807, 2.05) is 0 Å². The molecule has 0 aromatic heterocycles. The fraction of sp³-hybridized carbons (Fsp3) is 0.519. The van der Waals surface area contributed by atoms with Crippen LogP contribution in [0.5, 0.6) is 0 Å². The predicted octanol–water partition coefficient (Wildman–Crippen LogP) is 8.60. The molecule has 0 N–H and O–H groups in total. The van der Waals surface area contributed by atoms with Crippen LogP contribution >= 0.6 is 0 Å². The molecular formula is C27H41CrN2OSi2. The summed E-state index contributed by atoms with van der Waals surface area (Å²) in [6, 6.07) is 21.2. The van der Waals surface area contributed by atoms with Gasteiger partial charge in [0.1, 0.15) is 0 Å². The maximum atomic E-state index is 5.26. The van der Waals surface area contributed by atoms with Gasteiger partial charge in [0.25, 0.3) is 0 Å². The summed E-state index contributed by atoms with van der Waals surface area (Å²) in [6.07, 6.45) is 5.15. The average Bonchev–Trinajstić information content (AvgIpc) is 3.47. The molecule has 2 atom stereocenters. The first kappa shape index (κ1) is 28.4. The molecule has 2 aliphatic rings. The first-order valence-electron chi connectivity index (χ1n) is 12.2. The summed E-state index contributed by atoms with van der Waals surface area (Å²) in [4.78, 5) is 10.5. The van der Waals surface area contributed by atoms with Crippen molar-refractivity contribution in [2.45, 2.75) is 76.4 Å². The van der Waals surface area contributed by atoms with Crippen molar-refractivity contribution in [3.63, 3.8) is 0 Å². The van der Waals surface area contributed by atoms with Crippen LogP contribution in [0.4, 0.5) is 5.69 Å². The molecule has 1 radical (unpaired) electrons. The zero-order valence-corrected chi connectivity index (χ0v) is 24.4. The quantitative estimate of drug-likeness (QED) is 0.268. The number of rotatable bonds is 7. The fourth-order valence-electron chi connectivity index (χ4n) is 5.26. The van der Waals surface area contributed by atoms with Gasteiger partial charge in [-0.3, -0.25) is 0 Å². The Hall–Kier alpha value is -0.874. The second kappa shape index (κ2) is 13.3. The third-order valence-corrected chi connectivity index (χ3v) is 13.8. The summed E-state index contributed by atoms with van der Waals surface area (Å²) in [5.74, 6) is 1.69. The minimum Gasteiger partial charge on any atom is -0.688 e. The summed E-state index contributed by atoms with van der Waals surface area (Å²) >= 11 is 0. The van der Waals surface area contributed by atoms with Crippen molar-refractivity contribution in [2.24, 2.45) is 0 Å². The number of ether oxygens (including phenoxy) is 1. The van der Waals surface area contributed by atoms with E-state index in [-0.39, 0.29) is 17.4 Å². The Bertz CT molecular complexity index is 793. The molecule has 1 aliphatic heterocycles. The number of hydrogen-bond donors (Lipinski definition) is 0. The van der Waals surface area contributed by atoms with E-state index >= 15 is 0 Å². The van der Waals surface area contributed by atoms with Crippen LogP contribution in [0.25, 0.3) is 9.96 Å². The van der Waals surface area contributed by atoms with Gasteiger partial charge in [-0.05, 0) is 12.8 Å². The zero-order chi connectivity index (χ0) is 23.0. The number of benzene rings is 2. The molecule has 1 saturated carbocycles. The van der Waals surface area contributed by atoms with Gasteiger partial charge < -0.3 is 20.6 Å². The van der Waals surface area contributed by atoms with Crippen LogP contribution in [0.1, 0.15) is 38.2 Å². The van der Waals surface area contributed by atoms with Gasteiger partial charge in [-0.2, -0.15) is 18.0 Å². The molecule has 3 nitrogen and oxygen atoms in total. The van der Waals surface area contributed by atoms with Gasteiger partial charge in [-0.1, -0.05) is 122 Å². The summed E-state index contributed by atoms with van der Waals surface area (Å²) in [7, 11) is -3.37.